The Morgan fingerprint density at radius 3 is 2.32 bits per heavy atom. The zero-order chi connectivity index (χ0) is 18.1. The molecule has 1 heterocycles. The predicted molar refractivity (Wildman–Crippen MR) is 98.6 cm³/mol. The fourth-order valence-corrected chi connectivity index (χ4v) is 2.36. The highest BCUT2D eigenvalue weighted by molar-refractivity contribution is 5.49. The van der Waals surface area contributed by atoms with Gasteiger partial charge in [-0.15, -0.1) is 0 Å². The summed E-state index contributed by atoms with van der Waals surface area (Å²) in [5.41, 5.74) is 1.07. The van der Waals surface area contributed by atoms with Crippen LogP contribution in [0, 0.1) is 6.92 Å². The van der Waals surface area contributed by atoms with Crippen molar-refractivity contribution in [2.75, 3.05) is 45.1 Å². The Bertz CT molecular complexity index is 679. The summed E-state index contributed by atoms with van der Waals surface area (Å²) in [6, 6.07) is 7.74. The lowest BCUT2D eigenvalue weighted by Crippen LogP contribution is -2.09. The summed E-state index contributed by atoms with van der Waals surface area (Å²) in [5, 5.41) is 6.60. The molecule has 0 bridgehead atoms. The van der Waals surface area contributed by atoms with Crippen LogP contribution in [-0.4, -0.2) is 44.4 Å². The first kappa shape index (κ1) is 18.8. The number of nitrogens with one attached hydrogen (secondary N) is 2. The molecule has 0 aliphatic rings. The quantitative estimate of drug-likeness (QED) is 0.641. The van der Waals surface area contributed by atoms with Crippen LogP contribution in [0.4, 0.5) is 11.6 Å². The number of aromatic nitrogens is 2. The van der Waals surface area contributed by atoms with E-state index in [1.165, 1.54) is 0 Å². The molecule has 0 fully saturated rings. The van der Waals surface area contributed by atoms with Gasteiger partial charge in [-0.3, -0.25) is 0 Å². The summed E-state index contributed by atoms with van der Waals surface area (Å²) in [5.74, 6) is 3.72. The summed E-state index contributed by atoms with van der Waals surface area (Å²) < 4.78 is 15.6. The van der Waals surface area contributed by atoms with Crippen molar-refractivity contribution >= 4 is 11.6 Å². The summed E-state index contributed by atoms with van der Waals surface area (Å²) in [7, 11) is 4.95. The monoisotopic (exact) mass is 346 g/mol. The van der Waals surface area contributed by atoms with Gasteiger partial charge in [-0.25, -0.2) is 9.97 Å². The van der Waals surface area contributed by atoms with Crippen molar-refractivity contribution in [3.8, 4) is 11.5 Å². The second kappa shape index (κ2) is 9.68. The van der Waals surface area contributed by atoms with Crippen molar-refractivity contribution in [1.29, 1.82) is 0 Å². The Labute approximate surface area is 148 Å². The largest absolute Gasteiger partial charge is 0.493 e. The minimum absolute atomic E-state index is 0.625. The highest BCUT2D eigenvalue weighted by Crippen LogP contribution is 2.27. The third-order valence-corrected chi connectivity index (χ3v) is 3.59. The molecule has 136 valence electrons. The normalized spacial score (nSPS) is 10.4. The number of hydrogen-bond donors (Lipinski definition) is 2. The highest BCUT2D eigenvalue weighted by atomic mass is 16.5. The molecule has 25 heavy (non-hydrogen) atoms. The number of benzene rings is 1. The summed E-state index contributed by atoms with van der Waals surface area (Å²) in [6.07, 6.45) is 0.925. The van der Waals surface area contributed by atoms with Gasteiger partial charge in [0.1, 0.15) is 17.5 Å². The molecule has 7 heteroatoms. The first-order valence-corrected chi connectivity index (χ1v) is 8.19. The lowest BCUT2D eigenvalue weighted by molar-refractivity contribution is 0.198. The van der Waals surface area contributed by atoms with Gasteiger partial charge in [-0.2, -0.15) is 0 Å². The van der Waals surface area contributed by atoms with E-state index in [-0.39, 0.29) is 0 Å². The lowest BCUT2D eigenvalue weighted by Gasteiger charge is -2.12. The molecule has 0 amide bonds. The second-order valence-corrected chi connectivity index (χ2v) is 5.50. The lowest BCUT2D eigenvalue weighted by atomic mass is 10.2. The highest BCUT2D eigenvalue weighted by Gasteiger charge is 2.06. The maximum Gasteiger partial charge on any atom is 0.161 e. The zero-order valence-electron chi connectivity index (χ0n) is 15.3. The van der Waals surface area contributed by atoms with E-state index in [9.17, 15) is 0 Å². The molecule has 0 spiro atoms. The Balaban J connectivity index is 1.99. The van der Waals surface area contributed by atoms with Crippen LogP contribution >= 0.6 is 0 Å². The number of anilines is 2. The molecule has 0 aliphatic carbocycles. The van der Waals surface area contributed by atoms with Gasteiger partial charge >= 0.3 is 0 Å². The van der Waals surface area contributed by atoms with Gasteiger partial charge in [0.15, 0.2) is 11.5 Å². The molecule has 0 aliphatic heterocycles. The van der Waals surface area contributed by atoms with Crippen LogP contribution in [0.2, 0.25) is 0 Å². The fourth-order valence-electron chi connectivity index (χ4n) is 2.36. The molecule has 1 aromatic heterocycles. The smallest absolute Gasteiger partial charge is 0.161 e. The zero-order valence-corrected chi connectivity index (χ0v) is 15.3. The van der Waals surface area contributed by atoms with E-state index < -0.39 is 0 Å². The van der Waals surface area contributed by atoms with Crippen LogP contribution in [0.5, 0.6) is 11.5 Å². The third-order valence-electron chi connectivity index (χ3n) is 3.59. The van der Waals surface area contributed by atoms with Gasteiger partial charge in [0, 0.05) is 32.9 Å². The Hall–Kier alpha value is -2.54. The molecule has 0 atom stereocenters. The molecule has 1 aromatic carbocycles. The SMILES string of the molecule is COCCCNc1cc(NCc2ccc(OC)c(OC)c2)nc(C)n1. The summed E-state index contributed by atoms with van der Waals surface area (Å²) >= 11 is 0. The van der Waals surface area contributed by atoms with E-state index in [2.05, 4.69) is 20.6 Å². The molecule has 0 saturated heterocycles. The van der Waals surface area contributed by atoms with Crippen LogP contribution in [0.1, 0.15) is 17.8 Å². The van der Waals surface area contributed by atoms with E-state index in [4.69, 9.17) is 14.2 Å². The number of nitrogens with zero attached hydrogens (tertiary/aromatic N) is 2. The molecule has 7 nitrogen and oxygen atoms in total. The van der Waals surface area contributed by atoms with Gasteiger partial charge < -0.3 is 24.8 Å². The number of hydrogen-bond acceptors (Lipinski definition) is 7. The Morgan fingerprint density at radius 1 is 0.920 bits per heavy atom. The fraction of sp³-hybridized carbons (Fsp3) is 0.444. The van der Waals surface area contributed by atoms with E-state index in [1.807, 2.05) is 31.2 Å². The number of aryl methyl sites for hydroxylation is 1. The minimum Gasteiger partial charge on any atom is -0.493 e. The summed E-state index contributed by atoms with van der Waals surface area (Å²) in [4.78, 5) is 8.82. The van der Waals surface area contributed by atoms with Gasteiger partial charge in [0.25, 0.3) is 0 Å². The molecule has 0 radical (unpaired) electrons. The molecule has 0 unspecified atom stereocenters. The van der Waals surface area contributed by atoms with Crippen molar-refractivity contribution in [2.24, 2.45) is 0 Å². The average molecular weight is 346 g/mol. The number of rotatable bonds is 10. The van der Waals surface area contributed by atoms with Crippen LogP contribution < -0.4 is 20.1 Å². The van der Waals surface area contributed by atoms with Gasteiger partial charge in [0.2, 0.25) is 0 Å². The average Bonchev–Trinajstić information content (AvgIpc) is 2.63. The van der Waals surface area contributed by atoms with E-state index >= 15 is 0 Å². The number of methoxy groups -OCH3 is 3. The maximum absolute atomic E-state index is 5.33. The van der Waals surface area contributed by atoms with Crippen molar-refractivity contribution < 1.29 is 14.2 Å². The first-order chi connectivity index (χ1) is 12.2. The Kier molecular flexibility index (Phi) is 7.28. The van der Waals surface area contributed by atoms with Crippen molar-refractivity contribution in [3.63, 3.8) is 0 Å². The van der Waals surface area contributed by atoms with Crippen molar-refractivity contribution in [3.05, 3.63) is 35.7 Å². The van der Waals surface area contributed by atoms with E-state index in [0.717, 1.165) is 36.8 Å². The maximum atomic E-state index is 5.33. The molecular formula is C18H26N4O3. The molecule has 2 rings (SSSR count). The van der Waals surface area contributed by atoms with Crippen LogP contribution in [0.15, 0.2) is 24.3 Å². The first-order valence-electron chi connectivity index (χ1n) is 8.19. The minimum atomic E-state index is 0.625. The van der Waals surface area contributed by atoms with Crippen LogP contribution in [-0.2, 0) is 11.3 Å². The van der Waals surface area contributed by atoms with Gasteiger partial charge in [-0.1, -0.05) is 6.07 Å². The standard InChI is InChI=1S/C18H26N4O3/c1-13-21-17(19-8-5-9-23-2)11-18(22-13)20-12-14-6-7-15(24-3)16(10-14)25-4/h6-7,10-11H,5,8-9,12H2,1-4H3,(H2,19,20,21,22). The van der Waals surface area contributed by atoms with Crippen molar-refractivity contribution in [2.45, 2.75) is 19.9 Å². The molecular weight excluding hydrogens is 320 g/mol. The molecule has 2 N–H and O–H groups in total. The Morgan fingerprint density at radius 2 is 1.64 bits per heavy atom. The second-order valence-electron chi connectivity index (χ2n) is 5.50. The van der Waals surface area contributed by atoms with Gasteiger partial charge in [-0.05, 0) is 31.0 Å². The predicted octanol–water partition coefficient (Wildman–Crippen LogP) is 2.86. The van der Waals surface area contributed by atoms with Crippen molar-refractivity contribution in [1.82, 2.24) is 9.97 Å². The molecule has 2 aromatic rings. The van der Waals surface area contributed by atoms with Gasteiger partial charge in [0.05, 0.1) is 14.2 Å². The van der Waals surface area contributed by atoms with E-state index in [1.54, 1.807) is 21.3 Å². The topological polar surface area (TPSA) is 77.5 Å². The van der Waals surface area contributed by atoms with Crippen LogP contribution in [0.3, 0.4) is 0 Å². The number of ether oxygens (including phenoxy) is 3. The molecule has 0 saturated carbocycles. The summed E-state index contributed by atoms with van der Waals surface area (Å²) in [6.45, 7) is 4.03. The van der Waals surface area contributed by atoms with E-state index in [0.29, 0.717) is 23.9 Å². The third kappa shape index (κ3) is 5.79. The van der Waals surface area contributed by atoms with Crippen LogP contribution in [0.25, 0.3) is 0 Å².